The summed E-state index contributed by atoms with van der Waals surface area (Å²) < 4.78 is 3.39. The molecule has 0 aliphatic heterocycles. The van der Waals surface area contributed by atoms with E-state index in [-0.39, 0.29) is 22.6 Å². The number of para-hydroxylation sites is 4. The predicted molar refractivity (Wildman–Crippen MR) is 143 cm³/mol. The van der Waals surface area contributed by atoms with Gasteiger partial charge in [-0.05, 0) is 49.2 Å². The lowest BCUT2D eigenvalue weighted by atomic mass is 10.1. The van der Waals surface area contributed by atoms with Crippen LogP contribution in [0, 0.1) is 25.2 Å². The lowest BCUT2D eigenvalue weighted by molar-refractivity contribution is 0.420. The zero-order valence-corrected chi connectivity index (χ0v) is 20.9. The summed E-state index contributed by atoms with van der Waals surface area (Å²) >= 11 is 1.20. The van der Waals surface area contributed by atoms with E-state index in [4.69, 9.17) is 4.98 Å². The van der Waals surface area contributed by atoms with Gasteiger partial charge in [-0.3, -0.25) is 9.36 Å². The molecule has 0 fully saturated rings. The van der Waals surface area contributed by atoms with Crippen LogP contribution in [-0.2, 0) is 7.05 Å². The van der Waals surface area contributed by atoms with E-state index in [0.29, 0.717) is 21.9 Å². The second kappa shape index (κ2) is 9.36. The number of aryl methyl sites for hydroxylation is 3. The number of rotatable bonds is 5. The van der Waals surface area contributed by atoms with E-state index in [0.717, 1.165) is 27.8 Å². The molecular weight excluding hydrogens is 470 g/mol. The Bertz CT molecular complexity index is 1750. The van der Waals surface area contributed by atoms with E-state index in [1.165, 1.54) is 11.8 Å². The van der Waals surface area contributed by atoms with Gasteiger partial charge >= 0.3 is 0 Å². The van der Waals surface area contributed by atoms with E-state index < -0.39 is 0 Å². The van der Waals surface area contributed by atoms with Crippen LogP contribution in [0.1, 0.15) is 17.0 Å². The number of benzene rings is 3. The first-order valence-electron chi connectivity index (χ1n) is 11.4. The van der Waals surface area contributed by atoms with Gasteiger partial charge in [-0.1, -0.05) is 54.2 Å². The fourth-order valence-corrected chi connectivity index (χ4v) is 5.26. The zero-order chi connectivity index (χ0) is 25.4. The molecular formula is C28H23N5O2S. The minimum atomic E-state index is -0.181. The lowest BCUT2D eigenvalue weighted by Crippen LogP contribution is -2.23. The van der Waals surface area contributed by atoms with Crippen molar-refractivity contribution < 1.29 is 5.11 Å². The molecule has 0 aliphatic carbocycles. The summed E-state index contributed by atoms with van der Waals surface area (Å²) in [6, 6.07) is 22.7. The summed E-state index contributed by atoms with van der Waals surface area (Å²) in [5.41, 5.74) is 4.72. The molecule has 5 aromatic rings. The van der Waals surface area contributed by atoms with Crippen LogP contribution in [0.4, 0.5) is 0 Å². The van der Waals surface area contributed by atoms with Crippen molar-refractivity contribution in [3.63, 3.8) is 0 Å². The van der Waals surface area contributed by atoms with Gasteiger partial charge in [-0.15, -0.1) is 0 Å². The number of nitrogens with zero attached hydrogens (tertiary/aromatic N) is 5. The highest BCUT2D eigenvalue weighted by molar-refractivity contribution is 7.99. The number of aromatic nitrogens is 4. The SMILES string of the molecule is Cc1cccc(C)c1-n1c(SC/C(O)=C(\C#N)c2nc3ccccc3n2C)nc2ccccc2c1=O. The molecule has 178 valence electrons. The maximum atomic E-state index is 13.6. The van der Waals surface area contributed by atoms with Crippen LogP contribution < -0.4 is 5.56 Å². The molecule has 2 aromatic heterocycles. The van der Waals surface area contributed by atoms with E-state index in [1.54, 1.807) is 21.3 Å². The average Bonchev–Trinajstić information content (AvgIpc) is 3.20. The van der Waals surface area contributed by atoms with Crippen LogP contribution >= 0.6 is 11.8 Å². The van der Waals surface area contributed by atoms with Crippen LogP contribution in [0.2, 0.25) is 0 Å². The second-order valence-corrected chi connectivity index (χ2v) is 9.44. The quantitative estimate of drug-likeness (QED) is 0.151. The maximum absolute atomic E-state index is 13.6. The smallest absolute Gasteiger partial charge is 0.266 e. The normalized spacial score (nSPS) is 12.1. The first-order chi connectivity index (χ1) is 17.4. The molecule has 0 spiro atoms. The van der Waals surface area contributed by atoms with Gasteiger partial charge in [0.15, 0.2) is 11.0 Å². The van der Waals surface area contributed by atoms with Crippen LogP contribution in [0.3, 0.4) is 0 Å². The molecule has 7 nitrogen and oxygen atoms in total. The van der Waals surface area contributed by atoms with Crippen LogP contribution in [0.5, 0.6) is 0 Å². The Kier molecular flexibility index (Phi) is 6.08. The van der Waals surface area contributed by atoms with Crippen molar-refractivity contribution in [1.29, 1.82) is 5.26 Å². The third-order valence-electron chi connectivity index (χ3n) is 6.16. The van der Waals surface area contributed by atoms with E-state index in [2.05, 4.69) is 11.1 Å². The number of imidazole rings is 1. The number of hydrogen-bond donors (Lipinski definition) is 1. The predicted octanol–water partition coefficient (Wildman–Crippen LogP) is 5.47. The van der Waals surface area contributed by atoms with Crippen molar-refractivity contribution in [3.05, 3.63) is 99.8 Å². The highest BCUT2D eigenvalue weighted by Crippen LogP contribution is 2.28. The molecule has 1 N–H and O–H groups in total. The Morgan fingerprint density at radius 3 is 2.33 bits per heavy atom. The molecule has 0 saturated carbocycles. The Morgan fingerprint density at radius 2 is 1.64 bits per heavy atom. The molecule has 0 saturated heterocycles. The van der Waals surface area contributed by atoms with Crippen molar-refractivity contribution in [3.8, 4) is 11.8 Å². The van der Waals surface area contributed by atoms with E-state index >= 15 is 0 Å². The van der Waals surface area contributed by atoms with Gasteiger partial charge in [0, 0.05) is 7.05 Å². The molecule has 0 atom stereocenters. The minimum Gasteiger partial charge on any atom is -0.510 e. The molecule has 0 amide bonds. The lowest BCUT2D eigenvalue weighted by Gasteiger charge is -2.17. The summed E-state index contributed by atoms with van der Waals surface area (Å²) in [4.78, 5) is 22.9. The monoisotopic (exact) mass is 493 g/mol. The van der Waals surface area contributed by atoms with Gasteiger partial charge in [0.25, 0.3) is 5.56 Å². The number of allylic oxidation sites excluding steroid dienone is 1. The van der Waals surface area contributed by atoms with Crippen molar-refractivity contribution in [2.75, 3.05) is 5.75 Å². The van der Waals surface area contributed by atoms with Gasteiger partial charge in [-0.25, -0.2) is 9.97 Å². The summed E-state index contributed by atoms with van der Waals surface area (Å²) in [6.45, 7) is 3.91. The largest absolute Gasteiger partial charge is 0.510 e. The van der Waals surface area contributed by atoms with Crippen LogP contribution in [-0.4, -0.2) is 30.0 Å². The molecule has 0 unspecified atom stereocenters. The molecule has 8 heteroatoms. The van der Waals surface area contributed by atoms with Crippen LogP contribution in [0.15, 0.2) is 82.4 Å². The molecule has 0 aliphatic rings. The fourth-order valence-electron chi connectivity index (χ4n) is 4.38. The third-order valence-corrected chi connectivity index (χ3v) is 7.11. The van der Waals surface area contributed by atoms with Crippen molar-refractivity contribution in [2.24, 2.45) is 7.05 Å². The van der Waals surface area contributed by atoms with Gasteiger partial charge in [0.05, 0.1) is 33.4 Å². The standard InChI is InChI=1S/C28H23N5O2S/c1-17-9-8-10-18(2)25(17)33-27(35)19-11-4-5-12-21(19)31-28(33)36-16-24(34)20(15-29)26-30-22-13-6-7-14-23(22)32(26)3/h4-14,34H,16H2,1-3H3/b24-20-. The minimum absolute atomic E-state index is 0.0435. The van der Waals surface area contributed by atoms with E-state index in [9.17, 15) is 15.2 Å². The molecule has 36 heavy (non-hydrogen) atoms. The number of aliphatic hydroxyl groups is 1. The average molecular weight is 494 g/mol. The molecule has 5 rings (SSSR count). The zero-order valence-electron chi connectivity index (χ0n) is 20.1. The maximum Gasteiger partial charge on any atom is 0.266 e. The van der Waals surface area contributed by atoms with Gasteiger partial charge < -0.3 is 9.67 Å². The van der Waals surface area contributed by atoms with Crippen molar-refractivity contribution >= 4 is 39.3 Å². The summed E-state index contributed by atoms with van der Waals surface area (Å²) in [7, 11) is 1.81. The second-order valence-electron chi connectivity index (χ2n) is 8.50. The van der Waals surface area contributed by atoms with Crippen LogP contribution in [0.25, 0.3) is 33.2 Å². The topological polar surface area (TPSA) is 96.7 Å². The highest BCUT2D eigenvalue weighted by atomic mass is 32.2. The molecule has 0 radical (unpaired) electrons. The van der Waals surface area contributed by atoms with Crippen molar-refractivity contribution in [2.45, 2.75) is 19.0 Å². The first kappa shape index (κ1) is 23.4. The summed E-state index contributed by atoms with van der Waals surface area (Å²) in [5, 5.41) is 21.8. The Hall–Kier alpha value is -4.35. The molecule has 2 heterocycles. The fraction of sp³-hybridized carbons (Fsp3) is 0.143. The number of aliphatic hydroxyl groups excluding tert-OH is 1. The van der Waals surface area contributed by atoms with Gasteiger partial charge in [0.2, 0.25) is 0 Å². The molecule has 0 bridgehead atoms. The number of hydrogen-bond acceptors (Lipinski definition) is 6. The number of nitriles is 1. The highest BCUT2D eigenvalue weighted by Gasteiger charge is 2.20. The molecule has 3 aromatic carbocycles. The number of fused-ring (bicyclic) bond motifs is 2. The Morgan fingerprint density at radius 1 is 0.972 bits per heavy atom. The van der Waals surface area contributed by atoms with Gasteiger partial charge in [-0.2, -0.15) is 5.26 Å². The van der Waals surface area contributed by atoms with E-state index in [1.807, 2.05) is 75.5 Å². The Labute approximate surface area is 212 Å². The Balaban J connectivity index is 1.62. The summed E-state index contributed by atoms with van der Waals surface area (Å²) in [5.74, 6) is 0.300. The van der Waals surface area contributed by atoms with Crippen molar-refractivity contribution in [1.82, 2.24) is 19.1 Å². The van der Waals surface area contributed by atoms with Gasteiger partial charge in [0.1, 0.15) is 17.4 Å². The first-order valence-corrected chi connectivity index (χ1v) is 12.3. The number of thioether (sulfide) groups is 1. The third kappa shape index (κ3) is 3.93. The summed E-state index contributed by atoms with van der Waals surface area (Å²) in [6.07, 6.45) is 0.